The summed E-state index contributed by atoms with van der Waals surface area (Å²) in [4.78, 5) is 30.8. The lowest BCUT2D eigenvalue weighted by Crippen LogP contribution is -2.51. The number of rotatable bonds is 4. The van der Waals surface area contributed by atoms with Gasteiger partial charge in [0.2, 0.25) is 11.9 Å². The van der Waals surface area contributed by atoms with E-state index in [1.165, 1.54) is 0 Å². The second-order valence-electron chi connectivity index (χ2n) is 6.66. The summed E-state index contributed by atoms with van der Waals surface area (Å²) in [5.41, 5.74) is 8.19. The van der Waals surface area contributed by atoms with Gasteiger partial charge in [0.15, 0.2) is 5.96 Å². The molecule has 0 spiro atoms. The number of hydrogen-bond acceptors (Lipinski definition) is 5. The number of benzene rings is 1. The van der Waals surface area contributed by atoms with Gasteiger partial charge < -0.3 is 20.4 Å². The van der Waals surface area contributed by atoms with Crippen LogP contribution in [0.15, 0.2) is 47.7 Å². The molecule has 2 fully saturated rings. The highest BCUT2D eigenvalue weighted by Gasteiger charge is 2.25. The Balaban J connectivity index is 1.34. The van der Waals surface area contributed by atoms with Gasteiger partial charge in [0.25, 0.3) is 0 Å². The smallest absolute Gasteiger partial charge is 0.228 e. The predicted molar refractivity (Wildman–Crippen MR) is 105 cm³/mol. The number of nitrogens with zero attached hydrogens (tertiary/aromatic N) is 6. The van der Waals surface area contributed by atoms with Crippen LogP contribution < -0.4 is 15.5 Å². The minimum Gasteiger partial charge on any atom is -0.370 e. The molecule has 0 unspecified atom stereocenters. The largest absolute Gasteiger partial charge is 0.370 e. The van der Waals surface area contributed by atoms with Crippen LogP contribution >= 0.6 is 0 Å². The lowest BCUT2D eigenvalue weighted by molar-refractivity contribution is -0.122. The number of aliphatic imine (C=N–C) groups is 1. The summed E-state index contributed by atoms with van der Waals surface area (Å²) in [6.07, 6.45) is 4.15. The van der Waals surface area contributed by atoms with Crippen molar-refractivity contribution in [1.29, 1.82) is 0 Å². The van der Waals surface area contributed by atoms with Crippen molar-refractivity contribution in [3.8, 4) is 0 Å². The number of anilines is 2. The van der Waals surface area contributed by atoms with E-state index in [0.29, 0.717) is 18.9 Å². The molecule has 140 valence electrons. The fourth-order valence-corrected chi connectivity index (χ4v) is 3.27. The third kappa shape index (κ3) is 3.84. The lowest BCUT2D eigenvalue weighted by Gasteiger charge is -2.35. The van der Waals surface area contributed by atoms with Crippen molar-refractivity contribution in [2.45, 2.75) is 13.0 Å². The first-order valence-corrected chi connectivity index (χ1v) is 9.17. The Morgan fingerprint density at radius 1 is 1.07 bits per heavy atom. The van der Waals surface area contributed by atoms with Gasteiger partial charge in [-0.1, -0.05) is 12.1 Å². The van der Waals surface area contributed by atoms with Crippen molar-refractivity contribution in [3.05, 3.63) is 48.3 Å². The van der Waals surface area contributed by atoms with E-state index in [-0.39, 0.29) is 5.91 Å². The van der Waals surface area contributed by atoms with Gasteiger partial charge in [-0.25, -0.2) is 15.0 Å². The normalized spacial score (nSPS) is 17.9. The van der Waals surface area contributed by atoms with Crippen LogP contribution in [0.1, 0.15) is 12.0 Å². The highest BCUT2D eigenvalue weighted by molar-refractivity contribution is 5.99. The van der Waals surface area contributed by atoms with Crippen LogP contribution in [0.5, 0.6) is 0 Å². The molecule has 0 bridgehead atoms. The van der Waals surface area contributed by atoms with Crippen molar-refractivity contribution in [2.75, 3.05) is 42.5 Å². The van der Waals surface area contributed by atoms with Gasteiger partial charge in [0.05, 0.1) is 6.54 Å². The molecule has 4 rings (SSSR count). The molecule has 0 aliphatic carbocycles. The van der Waals surface area contributed by atoms with Crippen molar-refractivity contribution >= 4 is 23.5 Å². The number of aromatic nitrogens is 2. The molecule has 2 N–H and O–H groups in total. The van der Waals surface area contributed by atoms with Gasteiger partial charge in [-0.15, -0.1) is 0 Å². The van der Waals surface area contributed by atoms with Gasteiger partial charge in [-0.05, 0) is 23.8 Å². The number of piperazine rings is 1. The molecule has 1 amide bonds. The fraction of sp³-hybridized carbons (Fsp3) is 0.368. The minimum atomic E-state index is 0.176. The summed E-state index contributed by atoms with van der Waals surface area (Å²) in [6.45, 7) is 4.50. The van der Waals surface area contributed by atoms with Crippen LogP contribution in [0.2, 0.25) is 0 Å². The molecule has 27 heavy (non-hydrogen) atoms. The zero-order valence-corrected chi connectivity index (χ0v) is 15.2. The van der Waals surface area contributed by atoms with Crippen LogP contribution in [0, 0.1) is 0 Å². The summed E-state index contributed by atoms with van der Waals surface area (Å²) < 4.78 is 0. The Morgan fingerprint density at radius 2 is 1.85 bits per heavy atom. The monoisotopic (exact) mass is 365 g/mol. The molecule has 2 aromatic rings. The van der Waals surface area contributed by atoms with Crippen LogP contribution in [-0.4, -0.2) is 59.5 Å². The second-order valence-corrected chi connectivity index (χ2v) is 6.66. The highest BCUT2D eigenvalue weighted by Crippen LogP contribution is 2.23. The number of nitrogens with two attached hydrogens (primary N) is 1. The van der Waals surface area contributed by atoms with Crippen LogP contribution in [-0.2, 0) is 11.3 Å². The predicted octanol–water partition coefficient (Wildman–Crippen LogP) is 0.850. The first-order chi connectivity index (χ1) is 13.2. The van der Waals surface area contributed by atoms with Gasteiger partial charge in [0.1, 0.15) is 0 Å². The van der Waals surface area contributed by atoms with E-state index in [1.807, 2.05) is 30.3 Å². The van der Waals surface area contributed by atoms with Gasteiger partial charge in [-0.2, -0.15) is 0 Å². The zero-order valence-electron chi connectivity index (χ0n) is 15.2. The summed E-state index contributed by atoms with van der Waals surface area (Å²) in [6, 6.07) is 9.75. The highest BCUT2D eigenvalue weighted by atomic mass is 16.2. The van der Waals surface area contributed by atoms with E-state index in [2.05, 4.69) is 24.8 Å². The van der Waals surface area contributed by atoms with Crippen LogP contribution in [0.3, 0.4) is 0 Å². The molecule has 0 atom stereocenters. The first kappa shape index (κ1) is 17.3. The van der Waals surface area contributed by atoms with Crippen LogP contribution in [0.4, 0.5) is 11.6 Å². The summed E-state index contributed by atoms with van der Waals surface area (Å²) in [5.74, 6) is 1.48. The van der Waals surface area contributed by atoms with E-state index in [1.54, 1.807) is 17.3 Å². The number of β-lactam (4-membered cyclic amide) rings is 1. The van der Waals surface area contributed by atoms with Crippen LogP contribution in [0.25, 0.3) is 0 Å². The van der Waals surface area contributed by atoms with Gasteiger partial charge in [0, 0.05) is 57.2 Å². The number of carbonyl (C=O) groups excluding carboxylic acids is 1. The van der Waals surface area contributed by atoms with E-state index in [0.717, 1.165) is 49.9 Å². The number of hydrogen-bond donors (Lipinski definition) is 1. The van der Waals surface area contributed by atoms with Crippen molar-refractivity contribution in [3.63, 3.8) is 0 Å². The minimum absolute atomic E-state index is 0.176. The maximum Gasteiger partial charge on any atom is 0.228 e. The summed E-state index contributed by atoms with van der Waals surface area (Å²) >= 11 is 0. The maximum absolute atomic E-state index is 11.6. The van der Waals surface area contributed by atoms with Crippen molar-refractivity contribution in [1.82, 2.24) is 14.9 Å². The SMILES string of the molecule is NC(=NCc1cccc(N2CCC2=O)c1)N1CCN(c2ncccn2)CC1. The van der Waals surface area contributed by atoms with E-state index < -0.39 is 0 Å². The van der Waals surface area contributed by atoms with E-state index in [4.69, 9.17) is 5.73 Å². The quantitative estimate of drug-likeness (QED) is 0.491. The number of amides is 1. The standard InChI is InChI=1S/C19H23N7O/c20-18(24-9-11-25(12-10-24)19-21-6-2-7-22-19)23-14-15-3-1-4-16(13-15)26-8-5-17(26)27/h1-4,6-7,13H,5,8-12,14H2,(H2,20,23). The van der Waals surface area contributed by atoms with Gasteiger partial charge in [-0.3, -0.25) is 4.79 Å². The molecule has 0 saturated carbocycles. The van der Waals surface area contributed by atoms with Crippen molar-refractivity contribution < 1.29 is 4.79 Å². The Labute approximate surface area is 158 Å². The molecule has 8 nitrogen and oxygen atoms in total. The average Bonchev–Trinajstić information content (AvgIpc) is 2.72. The molecule has 1 aromatic carbocycles. The number of carbonyl (C=O) groups is 1. The molecule has 2 saturated heterocycles. The van der Waals surface area contributed by atoms with E-state index >= 15 is 0 Å². The molecule has 1 aromatic heterocycles. The Bertz CT molecular complexity index is 831. The second kappa shape index (κ2) is 7.61. The maximum atomic E-state index is 11.6. The first-order valence-electron chi connectivity index (χ1n) is 9.17. The molecule has 3 heterocycles. The molecular weight excluding hydrogens is 342 g/mol. The molecule has 0 radical (unpaired) electrons. The fourth-order valence-electron chi connectivity index (χ4n) is 3.27. The lowest BCUT2D eigenvalue weighted by atomic mass is 10.1. The zero-order chi connectivity index (χ0) is 18.6. The van der Waals surface area contributed by atoms with Crippen molar-refractivity contribution in [2.24, 2.45) is 10.7 Å². The molecular formula is C19H23N7O. The summed E-state index contributed by atoms with van der Waals surface area (Å²) in [5, 5.41) is 0. The van der Waals surface area contributed by atoms with Gasteiger partial charge >= 0.3 is 0 Å². The Morgan fingerprint density at radius 3 is 2.52 bits per heavy atom. The third-order valence-corrected chi connectivity index (χ3v) is 4.93. The molecule has 2 aliphatic rings. The topological polar surface area (TPSA) is 91.0 Å². The average molecular weight is 365 g/mol. The Kier molecular flexibility index (Phi) is 4.86. The Hall–Kier alpha value is -3.16. The number of guanidine groups is 1. The summed E-state index contributed by atoms with van der Waals surface area (Å²) in [7, 11) is 0. The molecule has 2 aliphatic heterocycles. The van der Waals surface area contributed by atoms with E-state index in [9.17, 15) is 4.79 Å². The third-order valence-electron chi connectivity index (χ3n) is 4.93. The molecule has 8 heteroatoms.